The second-order valence-electron chi connectivity index (χ2n) is 13.0. The van der Waals surface area contributed by atoms with Gasteiger partial charge in [-0.2, -0.15) is 0 Å². The van der Waals surface area contributed by atoms with E-state index in [4.69, 9.17) is 4.74 Å². The Balaban J connectivity index is 1.75. The number of hydrogen-bond donors (Lipinski definition) is 0. The molecule has 0 radical (unpaired) electrons. The fraction of sp³-hybridized carbons (Fsp3) is 0.562. The van der Waals surface area contributed by atoms with Crippen molar-refractivity contribution in [2.75, 3.05) is 13.1 Å². The number of aromatic nitrogens is 2. The van der Waals surface area contributed by atoms with E-state index >= 15 is 0 Å². The molecule has 1 aliphatic rings. The highest BCUT2D eigenvalue weighted by Crippen LogP contribution is 2.34. The van der Waals surface area contributed by atoms with Gasteiger partial charge in [-0.25, -0.2) is 4.79 Å². The van der Waals surface area contributed by atoms with E-state index in [-0.39, 0.29) is 35.2 Å². The molecule has 0 aliphatic carbocycles. The minimum atomic E-state index is -0.459. The average molecular weight is 520 g/mol. The van der Waals surface area contributed by atoms with Crippen molar-refractivity contribution in [1.29, 1.82) is 0 Å². The second-order valence-corrected chi connectivity index (χ2v) is 13.0. The molecule has 38 heavy (non-hydrogen) atoms. The maximum Gasteiger partial charge on any atom is 0.331 e. The van der Waals surface area contributed by atoms with Gasteiger partial charge in [0, 0.05) is 26.2 Å². The van der Waals surface area contributed by atoms with Gasteiger partial charge < -0.3 is 4.74 Å². The number of hydrogen-bond acceptors (Lipinski definition) is 4. The fourth-order valence-electron chi connectivity index (χ4n) is 5.17. The largest absolute Gasteiger partial charge is 0.369 e. The smallest absolute Gasteiger partial charge is 0.331 e. The molecule has 2 heterocycles. The molecular weight excluding hydrogens is 474 g/mol. The molecule has 0 fully saturated rings. The first-order chi connectivity index (χ1) is 17.8. The van der Waals surface area contributed by atoms with Gasteiger partial charge in [0.15, 0.2) is 0 Å². The van der Waals surface area contributed by atoms with Crippen molar-refractivity contribution in [2.45, 2.75) is 93.2 Å². The Morgan fingerprint density at radius 2 is 1.58 bits per heavy atom. The van der Waals surface area contributed by atoms with Crippen LogP contribution in [0.5, 0.6) is 0 Å². The maximum atomic E-state index is 13.8. The summed E-state index contributed by atoms with van der Waals surface area (Å²) in [6.07, 6.45) is 0.664. The third-order valence-corrected chi connectivity index (χ3v) is 8.25. The first kappa shape index (κ1) is 28.3. The van der Waals surface area contributed by atoms with Gasteiger partial charge in [0.05, 0.1) is 29.2 Å². The molecule has 6 heteroatoms. The predicted molar refractivity (Wildman–Crippen MR) is 156 cm³/mol. The Kier molecular flexibility index (Phi) is 8.06. The first-order valence-corrected chi connectivity index (χ1v) is 14.0. The SMILES string of the molecule is Cc1ccc2c(c1)c(=O)n(C[C@@H](CN1CCc3ccccc3C1)OC(C)(C)C(C)(C)C)c(=O)n2CC(C)C. The summed E-state index contributed by atoms with van der Waals surface area (Å²) >= 11 is 0. The molecule has 1 aliphatic heterocycles. The van der Waals surface area contributed by atoms with Gasteiger partial charge in [0.2, 0.25) is 0 Å². The molecule has 0 saturated heterocycles. The highest BCUT2D eigenvalue weighted by molar-refractivity contribution is 5.78. The molecule has 0 amide bonds. The van der Waals surface area contributed by atoms with Crippen LogP contribution in [0.4, 0.5) is 0 Å². The molecule has 0 bridgehead atoms. The van der Waals surface area contributed by atoms with Crippen LogP contribution in [0, 0.1) is 18.3 Å². The summed E-state index contributed by atoms with van der Waals surface area (Å²) in [6, 6.07) is 14.4. The first-order valence-electron chi connectivity index (χ1n) is 14.0. The Bertz CT molecular complexity index is 1410. The molecule has 2 aromatic carbocycles. The van der Waals surface area contributed by atoms with Gasteiger partial charge in [0.1, 0.15) is 0 Å². The summed E-state index contributed by atoms with van der Waals surface area (Å²) in [4.78, 5) is 30.0. The van der Waals surface area contributed by atoms with Gasteiger partial charge >= 0.3 is 5.69 Å². The number of fused-ring (bicyclic) bond motifs is 2. The zero-order chi connectivity index (χ0) is 27.8. The summed E-state index contributed by atoms with van der Waals surface area (Å²) in [6.45, 7) is 20.1. The summed E-state index contributed by atoms with van der Waals surface area (Å²) < 4.78 is 10.0. The van der Waals surface area contributed by atoms with Crippen LogP contribution in [0.3, 0.4) is 0 Å². The van der Waals surface area contributed by atoms with Gasteiger partial charge in [-0.3, -0.25) is 18.8 Å². The Hall–Kier alpha value is -2.70. The second kappa shape index (κ2) is 10.8. The molecule has 0 saturated carbocycles. The molecule has 0 spiro atoms. The van der Waals surface area contributed by atoms with E-state index in [2.05, 4.69) is 77.6 Å². The van der Waals surface area contributed by atoms with Gasteiger partial charge in [-0.1, -0.05) is 70.5 Å². The molecule has 4 rings (SSSR count). The fourth-order valence-corrected chi connectivity index (χ4v) is 5.17. The third kappa shape index (κ3) is 5.97. The van der Waals surface area contributed by atoms with Crippen LogP contribution in [0.2, 0.25) is 0 Å². The van der Waals surface area contributed by atoms with E-state index < -0.39 is 5.60 Å². The molecule has 1 atom stereocenters. The zero-order valence-corrected chi connectivity index (χ0v) is 24.5. The summed E-state index contributed by atoms with van der Waals surface area (Å²) in [5, 5.41) is 0.589. The minimum Gasteiger partial charge on any atom is -0.369 e. The highest BCUT2D eigenvalue weighted by Gasteiger charge is 2.37. The van der Waals surface area contributed by atoms with Crippen molar-refractivity contribution in [1.82, 2.24) is 14.0 Å². The quantitative estimate of drug-likeness (QED) is 0.400. The molecule has 1 aromatic heterocycles. The monoisotopic (exact) mass is 519 g/mol. The van der Waals surface area contributed by atoms with E-state index in [0.29, 0.717) is 24.0 Å². The maximum absolute atomic E-state index is 13.8. The van der Waals surface area contributed by atoms with Crippen molar-refractivity contribution in [2.24, 2.45) is 11.3 Å². The number of aryl methyl sites for hydroxylation is 1. The van der Waals surface area contributed by atoms with E-state index in [1.165, 1.54) is 15.7 Å². The predicted octanol–water partition coefficient (Wildman–Crippen LogP) is 5.40. The lowest BCUT2D eigenvalue weighted by Crippen LogP contribution is -2.50. The molecule has 0 unspecified atom stereocenters. The normalized spacial score (nSPS) is 15.7. The lowest BCUT2D eigenvalue weighted by molar-refractivity contribution is -0.142. The average Bonchev–Trinajstić information content (AvgIpc) is 2.83. The van der Waals surface area contributed by atoms with Crippen LogP contribution in [0.25, 0.3) is 10.9 Å². The topological polar surface area (TPSA) is 56.5 Å². The van der Waals surface area contributed by atoms with Crippen molar-refractivity contribution in [3.05, 3.63) is 80.0 Å². The van der Waals surface area contributed by atoms with E-state index in [9.17, 15) is 9.59 Å². The molecule has 6 nitrogen and oxygen atoms in total. The summed E-state index contributed by atoms with van der Waals surface area (Å²) in [5.74, 6) is 0.267. The van der Waals surface area contributed by atoms with Crippen LogP contribution in [0.1, 0.15) is 65.2 Å². The van der Waals surface area contributed by atoms with Crippen LogP contribution in [-0.2, 0) is 30.8 Å². The van der Waals surface area contributed by atoms with Crippen molar-refractivity contribution in [3.63, 3.8) is 0 Å². The van der Waals surface area contributed by atoms with E-state index in [0.717, 1.165) is 25.1 Å². The summed E-state index contributed by atoms with van der Waals surface area (Å²) in [5.41, 5.74) is 3.37. The molecule has 3 aromatic rings. The van der Waals surface area contributed by atoms with Gasteiger partial charge in [-0.05, 0) is 61.8 Å². The Morgan fingerprint density at radius 3 is 2.24 bits per heavy atom. The number of benzene rings is 2. The van der Waals surface area contributed by atoms with Crippen molar-refractivity contribution in [3.8, 4) is 0 Å². The number of ether oxygens (including phenoxy) is 1. The Labute approximate surface area is 227 Å². The van der Waals surface area contributed by atoms with E-state index in [1.54, 1.807) is 4.57 Å². The molecule has 206 valence electrons. The van der Waals surface area contributed by atoms with E-state index in [1.807, 2.05) is 25.1 Å². The van der Waals surface area contributed by atoms with Gasteiger partial charge in [-0.15, -0.1) is 0 Å². The summed E-state index contributed by atoms with van der Waals surface area (Å²) in [7, 11) is 0. The minimum absolute atomic E-state index is 0.122. The van der Waals surface area contributed by atoms with Crippen LogP contribution in [-0.4, -0.2) is 38.8 Å². The van der Waals surface area contributed by atoms with Crippen molar-refractivity contribution >= 4 is 10.9 Å². The van der Waals surface area contributed by atoms with Crippen molar-refractivity contribution < 1.29 is 4.74 Å². The molecular formula is C32H45N3O3. The number of nitrogens with zero attached hydrogens (tertiary/aromatic N) is 3. The lowest BCUT2D eigenvalue weighted by atomic mass is 9.79. The van der Waals surface area contributed by atoms with Crippen LogP contribution < -0.4 is 11.2 Å². The third-order valence-electron chi connectivity index (χ3n) is 8.25. The number of rotatable bonds is 8. The zero-order valence-electron chi connectivity index (χ0n) is 24.5. The highest BCUT2D eigenvalue weighted by atomic mass is 16.5. The van der Waals surface area contributed by atoms with Crippen LogP contribution in [0.15, 0.2) is 52.1 Å². The lowest BCUT2D eigenvalue weighted by Gasteiger charge is -2.43. The van der Waals surface area contributed by atoms with Gasteiger partial charge in [0.25, 0.3) is 5.56 Å². The Morgan fingerprint density at radius 1 is 0.895 bits per heavy atom. The standard InChI is InChI=1S/C32H45N3O3/c1-22(2)18-34-28-14-13-23(3)17-27(28)29(36)35(30(34)37)21-26(38-32(7,8)31(4,5)6)20-33-16-15-24-11-9-10-12-25(24)19-33/h9-14,17,22,26H,15-16,18-21H2,1-8H3/t26-/m1/s1. The molecule has 0 N–H and O–H groups in total. The van der Waals surface area contributed by atoms with Crippen LogP contribution >= 0.6 is 0 Å².